The van der Waals surface area contributed by atoms with E-state index in [-0.39, 0.29) is 5.41 Å². The van der Waals surface area contributed by atoms with Gasteiger partial charge in [0.15, 0.2) is 0 Å². The molecule has 0 amide bonds. The van der Waals surface area contributed by atoms with Crippen molar-refractivity contribution in [3.63, 3.8) is 0 Å². The minimum absolute atomic E-state index is 0.281. The van der Waals surface area contributed by atoms with Crippen molar-refractivity contribution in [1.82, 2.24) is 4.98 Å². The van der Waals surface area contributed by atoms with Gasteiger partial charge in [0.2, 0.25) is 0 Å². The Morgan fingerprint density at radius 1 is 1.15 bits per heavy atom. The van der Waals surface area contributed by atoms with Crippen LogP contribution in [0.5, 0.6) is 0 Å². The second-order valence-electron chi connectivity index (χ2n) is 6.76. The van der Waals surface area contributed by atoms with Gasteiger partial charge in [0, 0.05) is 17.5 Å². The zero-order chi connectivity index (χ0) is 14.3. The summed E-state index contributed by atoms with van der Waals surface area (Å²) in [6.07, 6.45) is 5.58. The summed E-state index contributed by atoms with van der Waals surface area (Å²) in [4.78, 5) is 4.51. The summed E-state index contributed by atoms with van der Waals surface area (Å²) in [5.74, 6) is 1.18. The number of fused-ring (bicyclic) bond motifs is 1. The first-order valence-electron chi connectivity index (χ1n) is 7.52. The Bertz CT molecular complexity index is 661. The minimum Gasteiger partial charge on any atom is -0.256 e. The molecule has 0 spiro atoms. The average Bonchev–Trinajstić information content (AvgIpc) is 2.43. The van der Waals surface area contributed by atoms with Crippen molar-refractivity contribution < 1.29 is 0 Å². The standard InChI is InChI=1S/C19H23N/c1-13-9-10-14(2)19(3,4)18(13)16-11-12-20-17-8-6-5-7-15(16)17/h5-9,11-12,14,18H,10H2,1-4H3. The Morgan fingerprint density at radius 2 is 1.90 bits per heavy atom. The molecule has 1 aliphatic rings. The molecule has 0 saturated heterocycles. The third-order valence-electron chi connectivity index (χ3n) is 5.26. The molecule has 1 nitrogen and oxygen atoms in total. The first kappa shape index (κ1) is 13.4. The van der Waals surface area contributed by atoms with E-state index in [1.54, 1.807) is 0 Å². The van der Waals surface area contributed by atoms with Gasteiger partial charge >= 0.3 is 0 Å². The molecule has 104 valence electrons. The highest BCUT2D eigenvalue weighted by Crippen LogP contribution is 2.51. The number of para-hydroxylation sites is 1. The van der Waals surface area contributed by atoms with Gasteiger partial charge in [-0.2, -0.15) is 0 Å². The Hall–Kier alpha value is -1.63. The quantitative estimate of drug-likeness (QED) is 0.635. The van der Waals surface area contributed by atoms with Crippen LogP contribution in [-0.4, -0.2) is 4.98 Å². The summed E-state index contributed by atoms with van der Waals surface area (Å²) in [6.45, 7) is 9.48. The van der Waals surface area contributed by atoms with E-state index < -0.39 is 0 Å². The molecule has 3 rings (SSSR count). The number of nitrogens with zero attached hydrogens (tertiary/aromatic N) is 1. The SMILES string of the molecule is CC1=CCC(C)C(C)(C)C1c1ccnc2ccccc12. The fourth-order valence-corrected chi connectivity index (χ4v) is 3.67. The molecular weight excluding hydrogens is 242 g/mol. The highest BCUT2D eigenvalue weighted by molar-refractivity contribution is 5.83. The lowest BCUT2D eigenvalue weighted by Crippen LogP contribution is -2.33. The van der Waals surface area contributed by atoms with Crippen molar-refractivity contribution in [3.8, 4) is 0 Å². The summed E-state index contributed by atoms with van der Waals surface area (Å²) in [5.41, 5.74) is 4.32. The summed E-state index contributed by atoms with van der Waals surface area (Å²) in [7, 11) is 0. The molecule has 1 heterocycles. The first-order chi connectivity index (χ1) is 9.51. The van der Waals surface area contributed by atoms with E-state index in [0.717, 1.165) is 5.52 Å². The second-order valence-corrected chi connectivity index (χ2v) is 6.76. The zero-order valence-corrected chi connectivity index (χ0v) is 12.9. The average molecular weight is 265 g/mol. The molecule has 0 saturated carbocycles. The predicted molar refractivity (Wildman–Crippen MR) is 85.8 cm³/mol. The van der Waals surface area contributed by atoms with E-state index in [9.17, 15) is 0 Å². The van der Waals surface area contributed by atoms with Gasteiger partial charge in [-0.15, -0.1) is 0 Å². The normalized spacial score (nSPS) is 25.5. The number of rotatable bonds is 1. The Kier molecular flexibility index (Phi) is 3.16. The fraction of sp³-hybridized carbons (Fsp3) is 0.421. The van der Waals surface area contributed by atoms with Crippen LogP contribution in [0, 0.1) is 11.3 Å². The van der Waals surface area contributed by atoms with E-state index in [2.05, 4.69) is 69.1 Å². The first-order valence-corrected chi connectivity index (χ1v) is 7.52. The van der Waals surface area contributed by atoms with Crippen LogP contribution in [0.3, 0.4) is 0 Å². The van der Waals surface area contributed by atoms with Crippen LogP contribution in [0.1, 0.15) is 45.6 Å². The maximum Gasteiger partial charge on any atom is 0.0704 e. The van der Waals surface area contributed by atoms with Crippen LogP contribution in [-0.2, 0) is 0 Å². The molecule has 2 aromatic rings. The van der Waals surface area contributed by atoms with Crippen LogP contribution >= 0.6 is 0 Å². The van der Waals surface area contributed by atoms with Gasteiger partial charge < -0.3 is 0 Å². The Labute approximate surface area is 121 Å². The predicted octanol–water partition coefficient (Wildman–Crippen LogP) is 5.33. The summed E-state index contributed by atoms with van der Waals surface area (Å²) in [5, 5.41) is 1.30. The van der Waals surface area contributed by atoms with Crippen molar-refractivity contribution >= 4 is 10.9 Å². The molecule has 0 fully saturated rings. The van der Waals surface area contributed by atoms with Crippen molar-refractivity contribution in [2.75, 3.05) is 0 Å². The molecule has 0 aliphatic heterocycles. The molecule has 2 unspecified atom stereocenters. The van der Waals surface area contributed by atoms with Gasteiger partial charge in [-0.1, -0.05) is 50.6 Å². The van der Waals surface area contributed by atoms with Crippen molar-refractivity contribution in [2.45, 2.75) is 40.0 Å². The Balaban J connectivity index is 2.24. The number of aromatic nitrogens is 1. The molecule has 1 aromatic carbocycles. The number of allylic oxidation sites excluding steroid dienone is 2. The second kappa shape index (κ2) is 4.73. The molecule has 1 heteroatoms. The number of pyridine rings is 1. The smallest absolute Gasteiger partial charge is 0.0704 e. The molecular formula is C19H23N. The third-order valence-corrected chi connectivity index (χ3v) is 5.26. The van der Waals surface area contributed by atoms with Crippen molar-refractivity contribution in [1.29, 1.82) is 0 Å². The van der Waals surface area contributed by atoms with Crippen LogP contribution in [0.25, 0.3) is 10.9 Å². The van der Waals surface area contributed by atoms with Crippen molar-refractivity contribution in [2.24, 2.45) is 11.3 Å². The maximum atomic E-state index is 4.51. The van der Waals surface area contributed by atoms with Crippen LogP contribution < -0.4 is 0 Å². The van der Waals surface area contributed by atoms with E-state index in [1.807, 2.05) is 6.20 Å². The lowest BCUT2D eigenvalue weighted by atomic mass is 9.60. The fourth-order valence-electron chi connectivity index (χ4n) is 3.67. The van der Waals surface area contributed by atoms with Gasteiger partial charge in [0.1, 0.15) is 0 Å². The maximum absolute atomic E-state index is 4.51. The van der Waals surface area contributed by atoms with E-state index in [0.29, 0.717) is 11.8 Å². The largest absolute Gasteiger partial charge is 0.256 e. The van der Waals surface area contributed by atoms with E-state index >= 15 is 0 Å². The van der Waals surface area contributed by atoms with Gasteiger partial charge in [0.05, 0.1) is 5.52 Å². The molecule has 1 aromatic heterocycles. The Morgan fingerprint density at radius 3 is 2.70 bits per heavy atom. The summed E-state index contributed by atoms with van der Waals surface area (Å²) < 4.78 is 0. The molecule has 0 N–H and O–H groups in total. The van der Waals surface area contributed by atoms with Crippen molar-refractivity contribution in [3.05, 3.63) is 53.7 Å². The van der Waals surface area contributed by atoms with Gasteiger partial charge in [0.25, 0.3) is 0 Å². The van der Waals surface area contributed by atoms with Crippen LogP contribution in [0.15, 0.2) is 48.2 Å². The number of benzene rings is 1. The molecule has 0 radical (unpaired) electrons. The van der Waals surface area contributed by atoms with E-state index in [1.165, 1.54) is 22.9 Å². The summed E-state index contributed by atoms with van der Waals surface area (Å²) >= 11 is 0. The summed E-state index contributed by atoms with van der Waals surface area (Å²) in [6, 6.07) is 10.7. The molecule has 0 bridgehead atoms. The lowest BCUT2D eigenvalue weighted by Gasteiger charge is -2.44. The van der Waals surface area contributed by atoms with Crippen LogP contribution in [0.2, 0.25) is 0 Å². The third kappa shape index (κ3) is 1.96. The van der Waals surface area contributed by atoms with E-state index in [4.69, 9.17) is 0 Å². The highest BCUT2D eigenvalue weighted by Gasteiger charge is 2.39. The number of hydrogen-bond acceptors (Lipinski definition) is 1. The van der Waals surface area contributed by atoms with Gasteiger partial charge in [-0.05, 0) is 42.4 Å². The van der Waals surface area contributed by atoms with Gasteiger partial charge in [-0.25, -0.2) is 0 Å². The monoisotopic (exact) mass is 265 g/mol. The molecule has 2 atom stereocenters. The minimum atomic E-state index is 0.281. The topological polar surface area (TPSA) is 12.9 Å². The van der Waals surface area contributed by atoms with Gasteiger partial charge in [-0.3, -0.25) is 4.98 Å². The lowest BCUT2D eigenvalue weighted by molar-refractivity contribution is 0.185. The van der Waals surface area contributed by atoms with Crippen LogP contribution in [0.4, 0.5) is 0 Å². The number of hydrogen-bond donors (Lipinski definition) is 0. The zero-order valence-electron chi connectivity index (χ0n) is 12.9. The highest BCUT2D eigenvalue weighted by atomic mass is 14.6. The molecule has 1 aliphatic carbocycles. The molecule has 20 heavy (non-hydrogen) atoms.